The molecule has 3 heteroatoms. The molecule has 1 saturated heterocycles. The van der Waals surface area contributed by atoms with Gasteiger partial charge in [0.05, 0.1) is 11.7 Å². The Morgan fingerprint density at radius 2 is 1.95 bits per heavy atom. The van der Waals surface area contributed by atoms with Crippen molar-refractivity contribution in [1.82, 2.24) is 0 Å². The van der Waals surface area contributed by atoms with E-state index in [1.54, 1.807) is 18.2 Å². The third-order valence-electron chi connectivity index (χ3n) is 4.39. The van der Waals surface area contributed by atoms with E-state index in [1.807, 2.05) is 6.07 Å². The molecule has 1 aliphatic heterocycles. The predicted molar refractivity (Wildman–Crippen MR) is 73.5 cm³/mol. The summed E-state index contributed by atoms with van der Waals surface area (Å²) in [6.07, 6.45) is 8.79. The van der Waals surface area contributed by atoms with Gasteiger partial charge in [0.2, 0.25) is 0 Å². The minimum Gasteiger partial charge on any atom is -0.504 e. The van der Waals surface area contributed by atoms with Crippen LogP contribution in [0.25, 0.3) is 0 Å². The van der Waals surface area contributed by atoms with Gasteiger partial charge in [-0.2, -0.15) is 0 Å². The first-order valence-corrected chi connectivity index (χ1v) is 7.36. The summed E-state index contributed by atoms with van der Waals surface area (Å²) in [5.41, 5.74) is 0.144. The number of rotatable bonds is 3. The Balaban J connectivity index is 1.53. The van der Waals surface area contributed by atoms with Crippen LogP contribution in [0.5, 0.6) is 11.5 Å². The molecule has 1 aromatic rings. The fourth-order valence-electron chi connectivity index (χ4n) is 3.34. The van der Waals surface area contributed by atoms with E-state index in [1.165, 1.54) is 38.5 Å². The molecule has 0 aromatic heterocycles. The average molecular weight is 262 g/mol. The van der Waals surface area contributed by atoms with E-state index in [2.05, 4.69) is 0 Å². The zero-order valence-electron chi connectivity index (χ0n) is 11.3. The second-order valence-corrected chi connectivity index (χ2v) is 5.80. The van der Waals surface area contributed by atoms with Crippen molar-refractivity contribution in [3.63, 3.8) is 0 Å². The SMILES string of the molecule is Oc1ccccc1OCC1CCC2(CCCCC2)O1. The molecule has 0 bridgehead atoms. The Hall–Kier alpha value is -1.22. The quantitative estimate of drug-likeness (QED) is 0.903. The lowest BCUT2D eigenvalue weighted by molar-refractivity contribution is -0.0749. The standard InChI is InChI=1S/C16H22O3/c17-14-6-2-3-7-15(14)18-12-13-8-11-16(19-13)9-4-1-5-10-16/h2-3,6-7,13,17H,1,4-5,8-12H2. The first-order chi connectivity index (χ1) is 9.27. The Morgan fingerprint density at radius 3 is 2.74 bits per heavy atom. The van der Waals surface area contributed by atoms with Gasteiger partial charge in [0, 0.05) is 0 Å². The summed E-state index contributed by atoms with van der Waals surface area (Å²) in [5.74, 6) is 0.753. The Bertz CT molecular complexity index is 424. The monoisotopic (exact) mass is 262 g/mol. The fourth-order valence-corrected chi connectivity index (χ4v) is 3.34. The molecule has 1 N–H and O–H groups in total. The van der Waals surface area contributed by atoms with E-state index in [4.69, 9.17) is 9.47 Å². The number of benzene rings is 1. The van der Waals surface area contributed by atoms with Crippen LogP contribution in [0.15, 0.2) is 24.3 Å². The lowest BCUT2D eigenvalue weighted by Crippen LogP contribution is -2.32. The lowest BCUT2D eigenvalue weighted by Gasteiger charge is -2.33. The molecule has 3 rings (SSSR count). The summed E-state index contributed by atoms with van der Waals surface area (Å²) < 4.78 is 11.9. The van der Waals surface area contributed by atoms with Gasteiger partial charge in [-0.25, -0.2) is 0 Å². The first kappa shape index (κ1) is 12.8. The van der Waals surface area contributed by atoms with Crippen molar-refractivity contribution in [3.8, 4) is 11.5 Å². The van der Waals surface area contributed by atoms with Gasteiger partial charge >= 0.3 is 0 Å². The number of aromatic hydroxyl groups is 1. The summed E-state index contributed by atoms with van der Waals surface area (Å²) in [6.45, 7) is 0.541. The third kappa shape index (κ3) is 2.86. The predicted octanol–water partition coefficient (Wildman–Crippen LogP) is 3.65. The molecule has 0 amide bonds. The number of para-hydroxylation sites is 2. The summed E-state index contributed by atoms with van der Waals surface area (Å²) in [7, 11) is 0. The fraction of sp³-hybridized carbons (Fsp3) is 0.625. The van der Waals surface area contributed by atoms with Gasteiger partial charge in [-0.15, -0.1) is 0 Å². The molecule has 1 spiro atoms. The molecule has 104 valence electrons. The van der Waals surface area contributed by atoms with Crippen molar-refractivity contribution < 1.29 is 14.6 Å². The molecule has 1 aliphatic carbocycles. The summed E-state index contributed by atoms with van der Waals surface area (Å²) >= 11 is 0. The number of ether oxygens (including phenoxy) is 2. The maximum absolute atomic E-state index is 9.66. The summed E-state index contributed by atoms with van der Waals surface area (Å²) in [4.78, 5) is 0. The molecule has 2 fully saturated rings. The van der Waals surface area contributed by atoms with Crippen molar-refractivity contribution in [3.05, 3.63) is 24.3 Å². The highest BCUT2D eigenvalue weighted by molar-refractivity contribution is 5.37. The molecule has 19 heavy (non-hydrogen) atoms. The van der Waals surface area contributed by atoms with Crippen molar-refractivity contribution in [2.75, 3.05) is 6.61 Å². The highest BCUT2D eigenvalue weighted by Gasteiger charge is 2.40. The van der Waals surface area contributed by atoms with Gasteiger partial charge in [0.25, 0.3) is 0 Å². The number of phenolic OH excluding ortho intramolecular Hbond substituents is 1. The van der Waals surface area contributed by atoms with E-state index >= 15 is 0 Å². The van der Waals surface area contributed by atoms with Crippen molar-refractivity contribution in [2.45, 2.75) is 56.7 Å². The maximum atomic E-state index is 9.66. The van der Waals surface area contributed by atoms with E-state index in [-0.39, 0.29) is 17.5 Å². The molecule has 1 heterocycles. The van der Waals surface area contributed by atoms with Crippen LogP contribution in [0, 0.1) is 0 Å². The smallest absolute Gasteiger partial charge is 0.161 e. The minimum absolute atomic E-state index is 0.144. The Labute approximate surface area is 114 Å². The van der Waals surface area contributed by atoms with E-state index < -0.39 is 0 Å². The summed E-state index contributed by atoms with van der Waals surface area (Å²) in [6, 6.07) is 7.10. The van der Waals surface area contributed by atoms with Gasteiger partial charge in [-0.3, -0.25) is 0 Å². The van der Waals surface area contributed by atoms with Gasteiger partial charge in [0.1, 0.15) is 6.61 Å². The summed E-state index contributed by atoms with van der Waals surface area (Å²) in [5, 5.41) is 9.66. The van der Waals surface area contributed by atoms with Crippen LogP contribution in [0.3, 0.4) is 0 Å². The molecule has 1 aromatic carbocycles. The third-order valence-corrected chi connectivity index (χ3v) is 4.39. The van der Waals surface area contributed by atoms with Crippen molar-refractivity contribution >= 4 is 0 Å². The second kappa shape index (κ2) is 5.41. The zero-order valence-corrected chi connectivity index (χ0v) is 11.3. The molecule has 1 saturated carbocycles. The maximum Gasteiger partial charge on any atom is 0.161 e. The number of hydrogen-bond donors (Lipinski definition) is 1. The lowest BCUT2D eigenvalue weighted by atomic mass is 9.83. The topological polar surface area (TPSA) is 38.7 Å². The van der Waals surface area contributed by atoms with Crippen molar-refractivity contribution in [1.29, 1.82) is 0 Å². The average Bonchev–Trinajstić information content (AvgIpc) is 2.82. The molecular formula is C16H22O3. The Kier molecular flexibility index (Phi) is 3.65. The van der Waals surface area contributed by atoms with E-state index in [9.17, 15) is 5.11 Å². The molecular weight excluding hydrogens is 240 g/mol. The highest BCUT2D eigenvalue weighted by Crippen LogP contribution is 2.42. The van der Waals surface area contributed by atoms with Gasteiger partial charge in [-0.05, 0) is 37.8 Å². The highest BCUT2D eigenvalue weighted by atomic mass is 16.6. The molecule has 0 radical (unpaired) electrons. The van der Waals surface area contributed by atoms with Crippen LogP contribution >= 0.6 is 0 Å². The first-order valence-electron chi connectivity index (χ1n) is 7.36. The van der Waals surface area contributed by atoms with Gasteiger partial charge < -0.3 is 14.6 Å². The molecule has 3 nitrogen and oxygen atoms in total. The molecule has 1 atom stereocenters. The van der Waals surface area contributed by atoms with Gasteiger partial charge in [0.15, 0.2) is 11.5 Å². The molecule has 1 unspecified atom stereocenters. The van der Waals surface area contributed by atoms with E-state index in [0.29, 0.717) is 12.4 Å². The van der Waals surface area contributed by atoms with Gasteiger partial charge in [-0.1, -0.05) is 31.4 Å². The van der Waals surface area contributed by atoms with Crippen LogP contribution in [0.1, 0.15) is 44.9 Å². The largest absolute Gasteiger partial charge is 0.504 e. The number of hydrogen-bond acceptors (Lipinski definition) is 3. The van der Waals surface area contributed by atoms with E-state index in [0.717, 1.165) is 6.42 Å². The van der Waals surface area contributed by atoms with Crippen LogP contribution in [0.4, 0.5) is 0 Å². The Morgan fingerprint density at radius 1 is 1.16 bits per heavy atom. The minimum atomic E-state index is 0.144. The number of phenols is 1. The van der Waals surface area contributed by atoms with Crippen LogP contribution < -0.4 is 4.74 Å². The van der Waals surface area contributed by atoms with Crippen LogP contribution in [0.2, 0.25) is 0 Å². The van der Waals surface area contributed by atoms with Crippen LogP contribution in [-0.2, 0) is 4.74 Å². The molecule has 2 aliphatic rings. The normalized spacial score (nSPS) is 25.6. The van der Waals surface area contributed by atoms with Crippen molar-refractivity contribution in [2.24, 2.45) is 0 Å². The zero-order chi connectivity index (χ0) is 13.1. The van der Waals surface area contributed by atoms with Crippen LogP contribution in [-0.4, -0.2) is 23.4 Å². The second-order valence-electron chi connectivity index (χ2n) is 5.80.